The van der Waals surface area contributed by atoms with Crippen molar-refractivity contribution in [2.75, 3.05) is 6.54 Å². The van der Waals surface area contributed by atoms with Gasteiger partial charge in [0.25, 0.3) is 0 Å². The van der Waals surface area contributed by atoms with Crippen LogP contribution in [0.25, 0.3) is 0 Å². The van der Waals surface area contributed by atoms with Gasteiger partial charge >= 0.3 is 0 Å². The molecule has 1 aromatic carbocycles. The largest absolute Gasteiger partial charge is 0.293 e. The molecular formula is C9H10ClN. The van der Waals surface area contributed by atoms with Crippen LogP contribution in [0.2, 0.25) is 5.02 Å². The van der Waals surface area contributed by atoms with Crippen molar-refractivity contribution >= 4 is 17.8 Å². The van der Waals surface area contributed by atoms with Crippen LogP contribution >= 0.6 is 11.6 Å². The molecule has 58 valence electrons. The van der Waals surface area contributed by atoms with Gasteiger partial charge in [0.1, 0.15) is 0 Å². The molecule has 0 atom stereocenters. The summed E-state index contributed by atoms with van der Waals surface area (Å²) >= 11 is 5.87. The first kappa shape index (κ1) is 8.28. The Hall–Kier alpha value is -0.820. The highest BCUT2D eigenvalue weighted by Gasteiger charge is 1.91. The second-order valence-corrected chi connectivity index (χ2v) is 2.56. The summed E-state index contributed by atoms with van der Waals surface area (Å²) in [5.74, 6) is 0. The molecule has 0 saturated heterocycles. The minimum atomic E-state index is 0.754. The van der Waals surface area contributed by atoms with Crippen LogP contribution in [-0.2, 0) is 0 Å². The second kappa shape index (κ2) is 4.14. The molecule has 1 nitrogen and oxygen atoms in total. The topological polar surface area (TPSA) is 12.4 Å². The van der Waals surface area contributed by atoms with Gasteiger partial charge in [-0.15, -0.1) is 0 Å². The average molecular weight is 168 g/mol. The van der Waals surface area contributed by atoms with Crippen molar-refractivity contribution in [2.24, 2.45) is 4.99 Å². The van der Waals surface area contributed by atoms with E-state index in [4.69, 9.17) is 11.6 Å². The molecule has 1 rings (SSSR count). The highest BCUT2D eigenvalue weighted by atomic mass is 35.5. The maximum absolute atomic E-state index is 5.87. The van der Waals surface area contributed by atoms with Crippen molar-refractivity contribution in [3.05, 3.63) is 34.9 Å². The van der Waals surface area contributed by atoms with E-state index in [-0.39, 0.29) is 0 Å². The number of rotatable bonds is 2. The molecule has 0 unspecified atom stereocenters. The second-order valence-electron chi connectivity index (χ2n) is 2.15. The highest BCUT2D eigenvalue weighted by molar-refractivity contribution is 6.33. The molecule has 0 amide bonds. The van der Waals surface area contributed by atoms with E-state index < -0.39 is 0 Å². The van der Waals surface area contributed by atoms with Gasteiger partial charge in [0.2, 0.25) is 0 Å². The number of benzene rings is 1. The molecule has 11 heavy (non-hydrogen) atoms. The predicted molar refractivity (Wildman–Crippen MR) is 49.6 cm³/mol. The van der Waals surface area contributed by atoms with Gasteiger partial charge < -0.3 is 0 Å². The zero-order chi connectivity index (χ0) is 8.10. The van der Waals surface area contributed by atoms with Crippen LogP contribution in [0.15, 0.2) is 29.3 Å². The molecule has 0 fully saturated rings. The van der Waals surface area contributed by atoms with Gasteiger partial charge in [-0.25, -0.2) is 0 Å². The Balaban J connectivity index is 2.86. The maximum atomic E-state index is 5.87. The van der Waals surface area contributed by atoms with Crippen LogP contribution in [0.3, 0.4) is 0 Å². The molecule has 2 heteroatoms. The minimum absolute atomic E-state index is 0.754. The van der Waals surface area contributed by atoms with E-state index in [0.717, 1.165) is 17.1 Å². The first-order valence-electron chi connectivity index (χ1n) is 3.59. The fourth-order valence-electron chi connectivity index (χ4n) is 0.769. The third-order valence-electron chi connectivity index (χ3n) is 1.32. The lowest BCUT2D eigenvalue weighted by Gasteiger charge is -1.94. The summed E-state index contributed by atoms with van der Waals surface area (Å²) in [4.78, 5) is 4.09. The standard InChI is InChI=1S/C9H10ClN/c1-2-11-7-8-5-3-4-6-9(8)10/h3-7H,2H2,1H3. The van der Waals surface area contributed by atoms with Crippen molar-refractivity contribution < 1.29 is 0 Å². The van der Waals surface area contributed by atoms with E-state index >= 15 is 0 Å². The van der Waals surface area contributed by atoms with E-state index in [1.807, 2.05) is 31.2 Å². The lowest BCUT2D eigenvalue weighted by molar-refractivity contribution is 1.14. The number of hydrogen-bond acceptors (Lipinski definition) is 1. The van der Waals surface area contributed by atoms with Gasteiger partial charge in [-0.3, -0.25) is 4.99 Å². The summed E-state index contributed by atoms with van der Waals surface area (Å²) in [5, 5.41) is 0.754. The Bertz CT molecular complexity index is 255. The Morgan fingerprint density at radius 1 is 1.45 bits per heavy atom. The van der Waals surface area contributed by atoms with E-state index in [2.05, 4.69) is 4.99 Å². The van der Waals surface area contributed by atoms with Crippen molar-refractivity contribution in [2.45, 2.75) is 6.92 Å². The zero-order valence-electron chi connectivity index (χ0n) is 6.42. The third-order valence-corrected chi connectivity index (χ3v) is 1.66. The maximum Gasteiger partial charge on any atom is 0.0493 e. The smallest absolute Gasteiger partial charge is 0.0493 e. The SMILES string of the molecule is CCN=Cc1ccccc1Cl. The molecule has 0 aromatic heterocycles. The van der Waals surface area contributed by atoms with E-state index in [0.29, 0.717) is 0 Å². The summed E-state index contributed by atoms with van der Waals surface area (Å²) in [5.41, 5.74) is 0.982. The van der Waals surface area contributed by atoms with Crippen LogP contribution in [0.5, 0.6) is 0 Å². The first-order valence-corrected chi connectivity index (χ1v) is 3.96. The van der Waals surface area contributed by atoms with Gasteiger partial charge in [-0.05, 0) is 13.0 Å². The molecular weight excluding hydrogens is 158 g/mol. The number of halogens is 1. The molecule has 0 aliphatic carbocycles. The zero-order valence-corrected chi connectivity index (χ0v) is 7.17. The highest BCUT2D eigenvalue weighted by Crippen LogP contribution is 2.11. The molecule has 0 aliphatic rings. The molecule has 1 aromatic rings. The summed E-state index contributed by atoms with van der Waals surface area (Å²) in [6.45, 7) is 2.79. The van der Waals surface area contributed by atoms with Crippen molar-refractivity contribution in [1.29, 1.82) is 0 Å². The van der Waals surface area contributed by atoms with Gasteiger partial charge in [-0.2, -0.15) is 0 Å². The van der Waals surface area contributed by atoms with E-state index in [1.54, 1.807) is 6.21 Å². The van der Waals surface area contributed by atoms with Crippen LogP contribution in [0.4, 0.5) is 0 Å². The van der Waals surface area contributed by atoms with E-state index in [1.165, 1.54) is 0 Å². The van der Waals surface area contributed by atoms with Crippen molar-refractivity contribution in [3.8, 4) is 0 Å². The number of aliphatic imine (C=N–C) groups is 1. The third kappa shape index (κ3) is 2.35. The molecule has 0 saturated carbocycles. The Kier molecular flexibility index (Phi) is 3.12. The molecule has 0 radical (unpaired) electrons. The predicted octanol–water partition coefficient (Wildman–Crippen LogP) is 2.78. The number of nitrogens with zero attached hydrogens (tertiary/aromatic N) is 1. The van der Waals surface area contributed by atoms with Gasteiger partial charge in [0.05, 0.1) is 0 Å². The molecule has 0 bridgehead atoms. The van der Waals surface area contributed by atoms with Crippen molar-refractivity contribution in [1.82, 2.24) is 0 Å². The Labute approximate surface area is 71.7 Å². The lowest BCUT2D eigenvalue weighted by Crippen LogP contribution is -1.82. The van der Waals surface area contributed by atoms with Crippen LogP contribution < -0.4 is 0 Å². The number of hydrogen-bond donors (Lipinski definition) is 0. The van der Waals surface area contributed by atoms with Crippen LogP contribution in [0, 0.1) is 0 Å². The van der Waals surface area contributed by atoms with Gasteiger partial charge in [0, 0.05) is 23.3 Å². The fraction of sp³-hybridized carbons (Fsp3) is 0.222. The average Bonchev–Trinajstić information content (AvgIpc) is 2.03. The summed E-state index contributed by atoms with van der Waals surface area (Å²) in [6, 6.07) is 7.66. The lowest BCUT2D eigenvalue weighted by atomic mass is 10.2. The first-order chi connectivity index (χ1) is 5.34. The summed E-state index contributed by atoms with van der Waals surface area (Å²) in [6.07, 6.45) is 1.79. The van der Waals surface area contributed by atoms with Crippen molar-refractivity contribution in [3.63, 3.8) is 0 Å². The summed E-state index contributed by atoms with van der Waals surface area (Å²) < 4.78 is 0. The van der Waals surface area contributed by atoms with Crippen LogP contribution in [-0.4, -0.2) is 12.8 Å². The summed E-state index contributed by atoms with van der Waals surface area (Å²) in [7, 11) is 0. The van der Waals surface area contributed by atoms with Crippen LogP contribution in [0.1, 0.15) is 12.5 Å². The molecule has 0 heterocycles. The van der Waals surface area contributed by atoms with Gasteiger partial charge in [0.15, 0.2) is 0 Å². The normalized spacial score (nSPS) is 10.7. The van der Waals surface area contributed by atoms with E-state index in [9.17, 15) is 0 Å². The Morgan fingerprint density at radius 2 is 2.18 bits per heavy atom. The quantitative estimate of drug-likeness (QED) is 0.601. The fourth-order valence-corrected chi connectivity index (χ4v) is 0.954. The molecule has 0 spiro atoms. The Morgan fingerprint density at radius 3 is 2.82 bits per heavy atom. The monoisotopic (exact) mass is 167 g/mol. The molecule has 0 aliphatic heterocycles. The molecule has 0 N–H and O–H groups in total. The van der Waals surface area contributed by atoms with Gasteiger partial charge in [-0.1, -0.05) is 29.8 Å². The minimum Gasteiger partial charge on any atom is -0.293 e.